The standard InChI is InChI=1S/C13H22N2O2S/c1-9(2)17-8-7-15(3)13-14-10-5-4-6-11(16)12(10)18-13/h9,11,16H,4-8H2,1-3H3. The second-order valence-corrected chi connectivity index (χ2v) is 6.07. The number of likely N-dealkylation sites (N-methyl/N-ethyl adjacent to an activating group) is 1. The van der Waals surface area contributed by atoms with Crippen molar-refractivity contribution in [2.75, 3.05) is 25.1 Å². The van der Waals surface area contributed by atoms with Crippen LogP contribution in [0, 0.1) is 0 Å². The first-order valence-electron chi connectivity index (χ1n) is 6.58. The third kappa shape index (κ3) is 3.22. The predicted molar refractivity (Wildman–Crippen MR) is 74.4 cm³/mol. The van der Waals surface area contributed by atoms with E-state index in [0.29, 0.717) is 6.61 Å². The van der Waals surface area contributed by atoms with Crippen molar-refractivity contribution in [2.24, 2.45) is 0 Å². The second-order valence-electron chi connectivity index (χ2n) is 5.06. The fraction of sp³-hybridized carbons (Fsp3) is 0.769. The van der Waals surface area contributed by atoms with Crippen molar-refractivity contribution in [1.82, 2.24) is 4.98 Å². The van der Waals surface area contributed by atoms with E-state index in [1.54, 1.807) is 11.3 Å². The first-order valence-corrected chi connectivity index (χ1v) is 7.40. The monoisotopic (exact) mass is 270 g/mol. The second kappa shape index (κ2) is 5.99. The smallest absolute Gasteiger partial charge is 0.185 e. The SMILES string of the molecule is CC(C)OCCN(C)c1nc2c(s1)C(O)CCC2. The highest BCUT2D eigenvalue weighted by atomic mass is 32.1. The highest BCUT2D eigenvalue weighted by Gasteiger charge is 2.23. The van der Waals surface area contributed by atoms with Crippen LogP contribution in [0.15, 0.2) is 0 Å². The molecule has 1 aromatic rings. The van der Waals surface area contributed by atoms with Gasteiger partial charge < -0.3 is 14.7 Å². The number of anilines is 1. The van der Waals surface area contributed by atoms with E-state index in [9.17, 15) is 5.11 Å². The lowest BCUT2D eigenvalue weighted by atomic mass is 10.0. The van der Waals surface area contributed by atoms with Crippen LogP contribution >= 0.6 is 11.3 Å². The van der Waals surface area contributed by atoms with E-state index in [1.807, 2.05) is 20.9 Å². The van der Waals surface area contributed by atoms with Crippen LogP contribution in [0.5, 0.6) is 0 Å². The van der Waals surface area contributed by atoms with Gasteiger partial charge in [-0.1, -0.05) is 11.3 Å². The maximum Gasteiger partial charge on any atom is 0.185 e. The summed E-state index contributed by atoms with van der Waals surface area (Å²) in [4.78, 5) is 7.80. The molecule has 0 amide bonds. The van der Waals surface area contributed by atoms with Crippen LogP contribution < -0.4 is 4.90 Å². The molecular formula is C13H22N2O2S. The number of rotatable bonds is 5. The largest absolute Gasteiger partial charge is 0.388 e. The Labute approximate surface area is 113 Å². The highest BCUT2D eigenvalue weighted by molar-refractivity contribution is 7.15. The van der Waals surface area contributed by atoms with Crippen molar-refractivity contribution in [3.63, 3.8) is 0 Å². The van der Waals surface area contributed by atoms with Crippen molar-refractivity contribution in [2.45, 2.75) is 45.3 Å². The van der Waals surface area contributed by atoms with Crippen LogP contribution in [0.25, 0.3) is 0 Å². The van der Waals surface area contributed by atoms with Gasteiger partial charge in [-0.3, -0.25) is 0 Å². The molecule has 1 aliphatic rings. The molecule has 0 saturated carbocycles. The maximum absolute atomic E-state index is 9.93. The number of hydrogen-bond donors (Lipinski definition) is 1. The number of fused-ring (bicyclic) bond motifs is 1. The maximum atomic E-state index is 9.93. The van der Waals surface area contributed by atoms with E-state index in [0.717, 1.165) is 41.5 Å². The Morgan fingerprint density at radius 3 is 3.00 bits per heavy atom. The van der Waals surface area contributed by atoms with Gasteiger partial charge >= 0.3 is 0 Å². The minimum Gasteiger partial charge on any atom is -0.388 e. The van der Waals surface area contributed by atoms with Crippen LogP contribution in [-0.4, -0.2) is 36.4 Å². The van der Waals surface area contributed by atoms with Gasteiger partial charge in [0, 0.05) is 13.6 Å². The Bertz CT molecular complexity index is 392. The molecule has 102 valence electrons. The molecule has 0 aliphatic heterocycles. The number of thiazole rings is 1. The third-order valence-corrected chi connectivity index (χ3v) is 4.43. The Kier molecular flexibility index (Phi) is 4.59. The molecule has 1 heterocycles. The Balaban J connectivity index is 1.96. The first kappa shape index (κ1) is 13.8. The first-order chi connectivity index (χ1) is 8.58. The molecule has 0 radical (unpaired) electrons. The molecular weight excluding hydrogens is 248 g/mol. The molecule has 0 bridgehead atoms. The van der Waals surface area contributed by atoms with Gasteiger partial charge in [0.05, 0.1) is 29.4 Å². The summed E-state index contributed by atoms with van der Waals surface area (Å²) >= 11 is 1.62. The van der Waals surface area contributed by atoms with E-state index in [-0.39, 0.29) is 12.2 Å². The zero-order valence-corrected chi connectivity index (χ0v) is 12.2. The summed E-state index contributed by atoms with van der Waals surface area (Å²) in [6, 6.07) is 0. The molecule has 0 spiro atoms. The molecule has 0 aromatic carbocycles. The van der Waals surface area contributed by atoms with E-state index in [2.05, 4.69) is 9.88 Å². The van der Waals surface area contributed by atoms with E-state index in [4.69, 9.17) is 4.74 Å². The van der Waals surface area contributed by atoms with Gasteiger partial charge in [0.2, 0.25) is 0 Å². The molecule has 1 aliphatic carbocycles. The summed E-state index contributed by atoms with van der Waals surface area (Å²) in [7, 11) is 2.03. The minimum absolute atomic E-state index is 0.268. The lowest BCUT2D eigenvalue weighted by Gasteiger charge is -2.16. The Morgan fingerprint density at radius 2 is 2.33 bits per heavy atom. The average molecular weight is 270 g/mol. The van der Waals surface area contributed by atoms with Crippen molar-refractivity contribution < 1.29 is 9.84 Å². The summed E-state index contributed by atoms with van der Waals surface area (Å²) in [5.74, 6) is 0. The number of ether oxygens (including phenoxy) is 1. The zero-order valence-electron chi connectivity index (χ0n) is 11.3. The van der Waals surface area contributed by atoms with Crippen molar-refractivity contribution in [3.05, 3.63) is 10.6 Å². The molecule has 1 atom stereocenters. The van der Waals surface area contributed by atoms with Gasteiger partial charge in [-0.15, -0.1) is 0 Å². The molecule has 0 fully saturated rings. The number of aryl methyl sites for hydroxylation is 1. The highest BCUT2D eigenvalue weighted by Crippen LogP contribution is 2.36. The number of aromatic nitrogens is 1. The van der Waals surface area contributed by atoms with Gasteiger partial charge in [-0.05, 0) is 33.1 Å². The summed E-state index contributed by atoms with van der Waals surface area (Å²) in [6.07, 6.45) is 2.87. The lowest BCUT2D eigenvalue weighted by molar-refractivity contribution is 0.0846. The normalized spacial score (nSPS) is 19.1. The quantitative estimate of drug-likeness (QED) is 0.892. The van der Waals surface area contributed by atoms with E-state index >= 15 is 0 Å². The number of hydrogen-bond acceptors (Lipinski definition) is 5. The topological polar surface area (TPSA) is 45.6 Å². The molecule has 18 heavy (non-hydrogen) atoms. The third-order valence-electron chi connectivity index (χ3n) is 3.11. The molecule has 1 aromatic heterocycles. The Morgan fingerprint density at radius 1 is 1.56 bits per heavy atom. The number of nitrogens with zero attached hydrogens (tertiary/aromatic N) is 2. The molecule has 2 rings (SSSR count). The van der Waals surface area contributed by atoms with Crippen molar-refractivity contribution in [1.29, 1.82) is 0 Å². The summed E-state index contributed by atoms with van der Waals surface area (Å²) in [5, 5.41) is 10.9. The summed E-state index contributed by atoms with van der Waals surface area (Å²) in [5.41, 5.74) is 1.09. The van der Waals surface area contributed by atoms with E-state index < -0.39 is 0 Å². The summed E-state index contributed by atoms with van der Waals surface area (Å²) < 4.78 is 5.54. The number of aliphatic hydroxyl groups excluding tert-OH is 1. The predicted octanol–water partition coefficient (Wildman–Crippen LogP) is 2.37. The number of aliphatic hydroxyl groups is 1. The van der Waals surface area contributed by atoms with Crippen LogP contribution in [0.2, 0.25) is 0 Å². The van der Waals surface area contributed by atoms with Gasteiger partial charge in [-0.25, -0.2) is 4.98 Å². The Hall–Kier alpha value is -0.650. The average Bonchev–Trinajstić information content (AvgIpc) is 2.74. The van der Waals surface area contributed by atoms with Gasteiger partial charge in [0.15, 0.2) is 5.13 Å². The molecule has 5 heteroatoms. The molecule has 1 unspecified atom stereocenters. The zero-order chi connectivity index (χ0) is 13.1. The van der Waals surface area contributed by atoms with Gasteiger partial charge in [-0.2, -0.15) is 0 Å². The fourth-order valence-electron chi connectivity index (χ4n) is 2.07. The molecule has 0 saturated heterocycles. The fourth-order valence-corrected chi connectivity index (χ4v) is 3.19. The van der Waals surface area contributed by atoms with Crippen LogP contribution in [-0.2, 0) is 11.2 Å². The minimum atomic E-state index is -0.305. The molecule has 4 nitrogen and oxygen atoms in total. The van der Waals surface area contributed by atoms with Crippen molar-refractivity contribution in [3.8, 4) is 0 Å². The summed E-state index contributed by atoms with van der Waals surface area (Å²) in [6.45, 7) is 5.62. The lowest BCUT2D eigenvalue weighted by Crippen LogP contribution is -2.23. The van der Waals surface area contributed by atoms with E-state index in [1.165, 1.54) is 0 Å². The molecule has 1 N–H and O–H groups in total. The van der Waals surface area contributed by atoms with Crippen LogP contribution in [0.4, 0.5) is 5.13 Å². The van der Waals surface area contributed by atoms with Gasteiger partial charge in [0.1, 0.15) is 0 Å². The van der Waals surface area contributed by atoms with Crippen LogP contribution in [0.1, 0.15) is 43.4 Å². The van der Waals surface area contributed by atoms with Crippen LogP contribution in [0.3, 0.4) is 0 Å². The van der Waals surface area contributed by atoms with Crippen molar-refractivity contribution >= 4 is 16.5 Å². The van der Waals surface area contributed by atoms with Gasteiger partial charge in [0.25, 0.3) is 0 Å².